The third-order valence-corrected chi connectivity index (χ3v) is 17.9. The van der Waals surface area contributed by atoms with Crippen LogP contribution in [0.4, 0.5) is 21.9 Å². The van der Waals surface area contributed by atoms with E-state index in [0.29, 0.717) is 111 Å². The molecule has 8 N–H and O–H groups in total. The van der Waals surface area contributed by atoms with Crippen LogP contribution < -0.4 is 22.5 Å². The molecule has 0 unspecified atom stereocenters. The van der Waals surface area contributed by atoms with Crippen molar-refractivity contribution >= 4 is 90.3 Å². The molecule has 2 atom stereocenters. The number of amides is 3. The van der Waals surface area contributed by atoms with Gasteiger partial charge in [-0.15, -0.1) is 22.7 Å². The van der Waals surface area contributed by atoms with Gasteiger partial charge in [-0.25, -0.2) is 44.1 Å². The molecule has 2 saturated carbocycles. The number of benzene rings is 2. The molecule has 0 bridgehead atoms. The highest BCUT2D eigenvalue weighted by molar-refractivity contribution is 7.16. The monoisotopic (exact) mass is 1190 g/mol. The number of carboxylic acids is 1. The molecule has 2 saturated heterocycles. The Bertz CT molecular complexity index is 3750. The van der Waals surface area contributed by atoms with Crippen molar-refractivity contribution in [3.63, 3.8) is 0 Å². The van der Waals surface area contributed by atoms with Crippen LogP contribution in [0.5, 0.6) is 0 Å². The van der Waals surface area contributed by atoms with Gasteiger partial charge in [0.25, 0.3) is 5.91 Å². The van der Waals surface area contributed by atoms with E-state index in [4.69, 9.17) is 27.4 Å². The maximum Gasteiger partial charge on any atom is 0.335 e. The van der Waals surface area contributed by atoms with Crippen molar-refractivity contribution in [3.8, 4) is 22.5 Å². The first-order valence-corrected chi connectivity index (χ1v) is 30.2. The van der Waals surface area contributed by atoms with Crippen molar-refractivity contribution in [2.45, 2.75) is 102 Å². The third-order valence-electron chi connectivity index (χ3n) is 15.6. The molecule has 8 heterocycles. The zero-order valence-corrected chi connectivity index (χ0v) is 50.2. The highest BCUT2D eigenvalue weighted by Gasteiger charge is 2.33. The number of carbonyl (C=O) groups excluding carboxylic acids is 3. The second kappa shape index (κ2) is 26.2. The number of nitrogens with zero attached hydrogens (tertiary/aromatic N) is 14. The Kier molecular flexibility index (Phi) is 18.4. The van der Waals surface area contributed by atoms with Crippen molar-refractivity contribution in [3.05, 3.63) is 119 Å². The van der Waals surface area contributed by atoms with Gasteiger partial charge >= 0.3 is 5.97 Å². The summed E-state index contributed by atoms with van der Waals surface area (Å²) in [5.74, 6) is 0.346. The van der Waals surface area contributed by atoms with Gasteiger partial charge in [-0.2, -0.15) is 10.2 Å². The van der Waals surface area contributed by atoms with Crippen LogP contribution in [0.25, 0.3) is 44.6 Å². The van der Waals surface area contributed by atoms with Crippen LogP contribution in [0.15, 0.2) is 97.9 Å². The molecular weight excluding hydrogens is 1120 g/mol. The molecule has 2 aromatic carbocycles. The lowest BCUT2D eigenvalue weighted by molar-refractivity contribution is -0.125. The van der Waals surface area contributed by atoms with Crippen LogP contribution in [0.3, 0.4) is 0 Å². The lowest BCUT2D eigenvalue weighted by atomic mass is 10.1. The van der Waals surface area contributed by atoms with E-state index in [-0.39, 0.29) is 35.4 Å². The second-order valence-corrected chi connectivity index (χ2v) is 24.6. The van der Waals surface area contributed by atoms with E-state index < -0.39 is 5.97 Å². The zero-order chi connectivity index (χ0) is 60.1. The van der Waals surface area contributed by atoms with Crippen molar-refractivity contribution in [1.82, 2.24) is 69.1 Å². The molecule has 2 aliphatic carbocycles. The predicted octanol–water partition coefficient (Wildman–Crippen LogP) is 8.38. The van der Waals surface area contributed by atoms with Gasteiger partial charge in [0.2, 0.25) is 11.8 Å². The summed E-state index contributed by atoms with van der Waals surface area (Å²) < 4.78 is 3.70. The molecule has 25 heteroatoms. The van der Waals surface area contributed by atoms with Gasteiger partial charge in [0.15, 0.2) is 21.6 Å². The molecule has 23 nitrogen and oxygen atoms in total. The normalized spacial score (nSPS) is 17.0. The summed E-state index contributed by atoms with van der Waals surface area (Å²) in [6, 6.07) is 14.9. The molecule has 12 rings (SSSR count). The predicted molar refractivity (Wildman–Crippen MR) is 332 cm³/mol. The number of carboxylic acid groups (broad SMARTS) is 1. The Morgan fingerprint density at radius 2 is 1.07 bits per heavy atom. The first-order valence-electron chi connectivity index (χ1n) is 28.6. The molecule has 4 fully saturated rings. The molecule has 8 aromatic rings. The van der Waals surface area contributed by atoms with Gasteiger partial charge < -0.3 is 32.1 Å². The number of nitrogens with one attached hydrogen (secondary N) is 1. The van der Waals surface area contributed by atoms with Crippen LogP contribution >= 0.6 is 22.7 Å². The van der Waals surface area contributed by atoms with E-state index in [1.807, 2.05) is 49.6 Å². The van der Waals surface area contributed by atoms with E-state index in [2.05, 4.69) is 86.8 Å². The summed E-state index contributed by atoms with van der Waals surface area (Å²) in [7, 11) is 4.18. The molecule has 2 aliphatic heterocycles. The van der Waals surface area contributed by atoms with E-state index in [9.17, 15) is 24.3 Å². The topological polar surface area (TPSA) is 305 Å². The lowest BCUT2D eigenvalue weighted by Crippen LogP contribution is -2.28. The summed E-state index contributed by atoms with van der Waals surface area (Å²) in [5, 5.41) is 24.3. The summed E-state index contributed by atoms with van der Waals surface area (Å²) in [6.45, 7) is 12.4. The number of likely N-dealkylation sites (N-methyl/N-ethyl adjacent to an activating group) is 2. The van der Waals surface area contributed by atoms with Crippen LogP contribution in [0.2, 0.25) is 0 Å². The van der Waals surface area contributed by atoms with Gasteiger partial charge in [0, 0.05) is 102 Å². The number of hydrogen-bond donors (Lipinski definition) is 5. The zero-order valence-electron chi connectivity index (χ0n) is 48.6. The Morgan fingerprint density at radius 1 is 0.624 bits per heavy atom. The van der Waals surface area contributed by atoms with Crippen LogP contribution in [-0.4, -0.2) is 163 Å². The quantitative estimate of drug-likeness (QED) is 0.0535. The fraction of sp³-hybridized carbons (Fsp3) is 0.400. The number of likely N-dealkylation sites (tertiary alicyclic amines) is 2. The van der Waals surface area contributed by atoms with E-state index in [1.165, 1.54) is 66.7 Å². The summed E-state index contributed by atoms with van der Waals surface area (Å²) >= 11 is 3.04. The largest absolute Gasteiger partial charge is 0.478 e. The highest BCUT2D eigenvalue weighted by atomic mass is 32.1. The standard InChI is InChI=1S/C30H35N9O2S.C24H27N7O3.C6H10N2S/c1-18(2)23-15-32-30(42-23)35-29(41)20-8-6-19(7-9-20)26-25-27(31)33-17-34-28(25)39(36-26)22-12-14-38(16-22)24(40)5-4-13-37(3)21-10-11-21;1-29(17-8-9-17)11-2-3-19(32)30-12-10-18(13-30)31-23-20(22(25)26-14-27-23)21(28-31)15-4-6-16(7-5-15)24(33)34;1-4(2)5-3-8-6(7)9-5/h4-9,15,17-18,21-22H,10-14,16H2,1-3H3,(H2,31,33,34)(H,32,35,41);2-7,14,17-18H,8-13H2,1H3,(H,33,34)(H2,25,26,27);3-4H,1-2H3,(H2,7,8)/b5-4+;3-2+;/t22-;18-;/m11./s1. The van der Waals surface area contributed by atoms with Crippen molar-refractivity contribution in [2.75, 3.05) is 75.9 Å². The Morgan fingerprint density at radius 3 is 1.47 bits per heavy atom. The number of nitrogen functional groups attached to an aromatic ring is 3. The Hall–Kier alpha value is -8.52. The van der Waals surface area contributed by atoms with Gasteiger partial charge in [-0.1, -0.05) is 64.1 Å². The Labute approximate surface area is 500 Å². The molecule has 444 valence electrons. The van der Waals surface area contributed by atoms with Crippen molar-refractivity contribution in [1.29, 1.82) is 0 Å². The fourth-order valence-corrected chi connectivity index (χ4v) is 11.8. The minimum Gasteiger partial charge on any atom is -0.478 e. The summed E-state index contributed by atoms with van der Waals surface area (Å²) in [4.78, 5) is 85.8. The van der Waals surface area contributed by atoms with Gasteiger partial charge in [-0.3, -0.25) is 29.5 Å². The molecule has 4 aliphatic rings. The number of rotatable bonds is 17. The van der Waals surface area contributed by atoms with E-state index >= 15 is 0 Å². The van der Waals surface area contributed by atoms with Gasteiger partial charge in [-0.05, 0) is 88.7 Å². The highest BCUT2D eigenvalue weighted by Crippen LogP contribution is 2.37. The number of thiazole rings is 2. The molecule has 0 radical (unpaired) electrons. The maximum atomic E-state index is 12.9. The summed E-state index contributed by atoms with van der Waals surface area (Å²) in [5.41, 5.74) is 22.6. The lowest BCUT2D eigenvalue weighted by Gasteiger charge is -2.16. The van der Waals surface area contributed by atoms with Gasteiger partial charge in [0.05, 0.1) is 28.4 Å². The smallest absolute Gasteiger partial charge is 0.335 e. The molecular formula is C60H72N18O5S2. The van der Waals surface area contributed by atoms with Crippen LogP contribution in [-0.2, 0) is 9.59 Å². The van der Waals surface area contributed by atoms with Crippen LogP contribution in [0, 0.1) is 0 Å². The second-order valence-electron chi connectivity index (χ2n) is 22.5. The van der Waals surface area contributed by atoms with Gasteiger partial charge in [0.1, 0.15) is 35.7 Å². The molecule has 85 heavy (non-hydrogen) atoms. The van der Waals surface area contributed by atoms with Crippen molar-refractivity contribution in [2.24, 2.45) is 0 Å². The maximum absolute atomic E-state index is 12.9. The van der Waals surface area contributed by atoms with Crippen LogP contribution in [0.1, 0.15) is 121 Å². The number of hydrogen-bond acceptors (Lipinski definition) is 19. The fourth-order valence-electron chi connectivity index (χ4n) is 10.3. The molecule has 6 aromatic heterocycles. The van der Waals surface area contributed by atoms with Crippen molar-refractivity contribution < 1.29 is 24.3 Å². The average Bonchev–Trinajstić information content (AvgIpc) is 2.62. The molecule has 0 spiro atoms. The SMILES string of the molecule is CC(C)c1cnc(N)s1.CC(C)c1cnc(NC(=O)c2ccc(-c3nn([C@@H]4CCN(C(=O)/C=C/CN(C)C5CC5)C4)c4ncnc(N)c34)cc2)s1.CN(C/C=C/C(=O)N1CC[C@@H](n2nc(-c3ccc(C(=O)O)cc3)c3c(N)ncnc32)C1)C1CC1. The number of aromatic nitrogens is 10. The number of nitrogens with two attached hydrogens (primary N) is 3. The minimum absolute atomic E-state index is 0.00165. The number of carbonyl (C=O) groups is 4. The first kappa shape index (κ1) is 59.6. The van der Waals surface area contributed by atoms with E-state index in [1.54, 1.807) is 54.0 Å². The first-order chi connectivity index (χ1) is 40.9. The summed E-state index contributed by atoms with van der Waals surface area (Å²) in [6.07, 6.45) is 20.2. The number of aromatic carboxylic acids is 1. The number of anilines is 4. The van der Waals surface area contributed by atoms with E-state index in [0.717, 1.165) is 41.9 Å². The molecule has 3 amide bonds. The third kappa shape index (κ3) is 14.2. The number of fused-ring (bicyclic) bond motifs is 2. The Balaban J connectivity index is 0.000000167. The average molecular weight is 1190 g/mol. The minimum atomic E-state index is -0.992.